The van der Waals surface area contributed by atoms with E-state index in [1.54, 1.807) is 30.3 Å². The molecule has 0 fully saturated rings. The lowest BCUT2D eigenvalue weighted by Gasteiger charge is -2.16. The minimum absolute atomic E-state index is 0.0686. The summed E-state index contributed by atoms with van der Waals surface area (Å²) in [5.41, 5.74) is 5.49. The molecule has 1 heterocycles. The van der Waals surface area contributed by atoms with E-state index in [1.165, 1.54) is 25.1 Å². The van der Waals surface area contributed by atoms with Gasteiger partial charge < -0.3 is 9.47 Å². The minimum Gasteiger partial charge on any atom is -0.478 e. The van der Waals surface area contributed by atoms with Crippen LogP contribution in [0.15, 0.2) is 48.5 Å². The van der Waals surface area contributed by atoms with Gasteiger partial charge in [0.25, 0.3) is 5.91 Å². The second-order valence-corrected chi connectivity index (χ2v) is 5.91. The van der Waals surface area contributed by atoms with E-state index in [4.69, 9.17) is 9.47 Å². The van der Waals surface area contributed by atoms with Crippen molar-refractivity contribution in [2.45, 2.75) is 25.6 Å². The van der Waals surface area contributed by atoms with Crippen molar-refractivity contribution in [2.24, 2.45) is 0 Å². The third kappa shape index (κ3) is 4.22. The number of rotatable bonds is 5. The van der Waals surface area contributed by atoms with E-state index in [-0.39, 0.29) is 12.2 Å². The van der Waals surface area contributed by atoms with Gasteiger partial charge in [-0.15, -0.1) is 0 Å². The molecule has 7 nitrogen and oxygen atoms in total. The third-order valence-corrected chi connectivity index (χ3v) is 3.98. The van der Waals surface area contributed by atoms with Crippen molar-refractivity contribution in [3.05, 3.63) is 65.5 Å². The number of esters is 1. The molecule has 2 N–H and O–H groups in total. The Bertz CT molecular complexity index is 886. The smallest absolute Gasteiger partial charge is 0.339 e. The fourth-order valence-corrected chi connectivity index (χ4v) is 2.61. The summed E-state index contributed by atoms with van der Waals surface area (Å²) in [6.45, 7) is 1.42. The average Bonchev–Trinajstić information content (AvgIpc) is 2.97. The Labute approximate surface area is 154 Å². The second-order valence-electron chi connectivity index (χ2n) is 5.91. The lowest BCUT2D eigenvalue weighted by atomic mass is 10.0. The summed E-state index contributed by atoms with van der Waals surface area (Å²) in [6.07, 6.45) is -1.89. The van der Waals surface area contributed by atoms with Crippen LogP contribution in [0.1, 0.15) is 35.4 Å². The fraction of sp³-hybridized carbons (Fsp3) is 0.211. The Kier molecular flexibility index (Phi) is 5.35. The van der Waals surface area contributed by atoms with Gasteiger partial charge in [0, 0.05) is 5.56 Å². The molecule has 2 amide bonds. The van der Waals surface area contributed by atoms with Crippen molar-refractivity contribution in [3.63, 3.8) is 0 Å². The number of hydrogen-bond acceptors (Lipinski definition) is 5. The molecule has 0 saturated carbocycles. The SMILES string of the molecule is C[C@@H](Oc1ccccc1F)C(=O)NNC(=O)C[C@@H]1OC(=O)c2ccccc21. The van der Waals surface area contributed by atoms with Gasteiger partial charge in [0.15, 0.2) is 17.7 Å². The first-order valence-electron chi connectivity index (χ1n) is 8.25. The van der Waals surface area contributed by atoms with E-state index >= 15 is 0 Å². The van der Waals surface area contributed by atoms with Gasteiger partial charge in [-0.05, 0) is 25.1 Å². The topological polar surface area (TPSA) is 93.7 Å². The molecule has 1 aliphatic heterocycles. The zero-order valence-electron chi connectivity index (χ0n) is 14.4. The molecule has 2 aromatic carbocycles. The summed E-state index contributed by atoms with van der Waals surface area (Å²) in [5, 5.41) is 0. The van der Waals surface area contributed by atoms with Gasteiger partial charge in [0.1, 0.15) is 6.10 Å². The van der Waals surface area contributed by atoms with Crippen LogP contribution in [-0.4, -0.2) is 23.9 Å². The lowest BCUT2D eigenvalue weighted by molar-refractivity contribution is -0.133. The minimum atomic E-state index is -1.03. The Morgan fingerprint density at radius 1 is 1.15 bits per heavy atom. The van der Waals surface area contributed by atoms with Gasteiger partial charge in [0.05, 0.1) is 12.0 Å². The van der Waals surface area contributed by atoms with Crippen molar-refractivity contribution in [1.82, 2.24) is 10.9 Å². The summed E-state index contributed by atoms with van der Waals surface area (Å²) in [5.74, 6) is -2.35. The molecule has 8 heteroatoms. The molecule has 3 rings (SSSR count). The van der Waals surface area contributed by atoms with Crippen LogP contribution in [0.25, 0.3) is 0 Å². The largest absolute Gasteiger partial charge is 0.478 e. The molecule has 0 spiro atoms. The Hall–Kier alpha value is -3.42. The highest BCUT2D eigenvalue weighted by atomic mass is 19.1. The molecular weight excluding hydrogens is 355 g/mol. The zero-order valence-corrected chi connectivity index (χ0v) is 14.4. The van der Waals surface area contributed by atoms with Crippen LogP contribution in [0.5, 0.6) is 5.75 Å². The molecule has 0 unspecified atom stereocenters. The number of carbonyl (C=O) groups excluding carboxylic acids is 3. The number of nitrogens with one attached hydrogen (secondary N) is 2. The van der Waals surface area contributed by atoms with E-state index in [9.17, 15) is 18.8 Å². The van der Waals surface area contributed by atoms with Crippen molar-refractivity contribution in [3.8, 4) is 5.75 Å². The van der Waals surface area contributed by atoms with E-state index in [2.05, 4.69) is 10.9 Å². The van der Waals surface area contributed by atoms with E-state index in [0.717, 1.165) is 0 Å². The van der Waals surface area contributed by atoms with E-state index < -0.39 is 35.8 Å². The molecule has 0 radical (unpaired) electrons. The van der Waals surface area contributed by atoms with Crippen LogP contribution in [0, 0.1) is 5.82 Å². The maximum atomic E-state index is 13.5. The number of ether oxygens (including phenoxy) is 2. The number of benzene rings is 2. The predicted octanol–water partition coefficient (Wildman–Crippen LogP) is 2.04. The molecule has 27 heavy (non-hydrogen) atoms. The first-order chi connectivity index (χ1) is 13.0. The van der Waals surface area contributed by atoms with Crippen LogP contribution < -0.4 is 15.6 Å². The van der Waals surface area contributed by atoms with E-state index in [0.29, 0.717) is 11.1 Å². The number of carbonyl (C=O) groups is 3. The highest BCUT2D eigenvalue weighted by Gasteiger charge is 2.32. The molecule has 140 valence electrons. The Morgan fingerprint density at radius 3 is 2.63 bits per heavy atom. The van der Waals surface area contributed by atoms with Crippen LogP contribution in [-0.2, 0) is 14.3 Å². The highest BCUT2D eigenvalue weighted by Crippen LogP contribution is 2.32. The lowest BCUT2D eigenvalue weighted by Crippen LogP contribution is -2.47. The van der Waals surface area contributed by atoms with Crippen LogP contribution in [0.2, 0.25) is 0 Å². The second kappa shape index (κ2) is 7.86. The predicted molar refractivity (Wildman–Crippen MR) is 92.0 cm³/mol. The highest BCUT2D eigenvalue weighted by molar-refractivity contribution is 5.94. The Morgan fingerprint density at radius 2 is 1.85 bits per heavy atom. The van der Waals surface area contributed by atoms with Gasteiger partial charge in [-0.2, -0.15) is 0 Å². The van der Waals surface area contributed by atoms with Gasteiger partial charge in [-0.25, -0.2) is 9.18 Å². The number of halogens is 1. The van der Waals surface area contributed by atoms with Gasteiger partial charge in [0.2, 0.25) is 5.91 Å². The number of cyclic esters (lactones) is 1. The monoisotopic (exact) mass is 372 g/mol. The molecule has 1 aliphatic rings. The van der Waals surface area contributed by atoms with Crippen molar-refractivity contribution >= 4 is 17.8 Å². The number of hydrogen-bond donors (Lipinski definition) is 2. The van der Waals surface area contributed by atoms with Gasteiger partial charge in [-0.3, -0.25) is 20.4 Å². The summed E-state index contributed by atoms with van der Waals surface area (Å²) < 4.78 is 23.9. The standard InChI is InChI=1S/C19H17FN2O5/c1-11(26-15-9-5-4-8-14(15)20)18(24)22-21-17(23)10-16-12-6-2-3-7-13(12)19(25)27-16/h2-9,11,16H,10H2,1H3,(H,21,23)(H,22,24)/t11-,16+/m1/s1. The fourth-order valence-electron chi connectivity index (χ4n) is 2.61. The first kappa shape index (κ1) is 18.4. The Balaban J connectivity index is 1.50. The van der Waals surface area contributed by atoms with Crippen LogP contribution >= 0.6 is 0 Å². The average molecular weight is 372 g/mol. The number of para-hydroxylation sites is 1. The van der Waals surface area contributed by atoms with E-state index in [1.807, 2.05) is 0 Å². The number of hydrazine groups is 1. The molecule has 0 bridgehead atoms. The van der Waals surface area contributed by atoms with Crippen molar-refractivity contribution in [1.29, 1.82) is 0 Å². The van der Waals surface area contributed by atoms with Crippen LogP contribution in [0.4, 0.5) is 4.39 Å². The quantitative estimate of drug-likeness (QED) is 0.619. The maximum Gasteiger partial charge on any atom is 0.339 e. The molecule has 0 aliphatic carbocycles. The number of amides is 2. The van der Waals surface area contributed by atoms with Crippen LogP contribution in [0.3, 0.4) is 0 Å². The number of fused-ring (bicyclic) bond motifs is 1. The summed E-state index contributed by atoms with van der Waals surface area (Å²) >= 11 is 0. The summed E-state index contributed by atoms with van der Waals surface area (Å²) in [7, 11) is 0. The molecule has 0 saturated heterocycles. The zero-order chi connectivity index (χ0) is 19.4. The third-order valence-electron chi connectivity index (χ3n) is 3.98. The molecule has 2 aromatic rings. The molecule has 0 aromatic heterocycles. The maximum absolute atomic E-state index is 13.5. The molecule has 2 atom stereocenters. The normalized spacial score (nSPS) is 16.1. The molecular formula is C19H17FN2O5. The summed E-state index contributed by atoms with van der Waals surface area (Å²) in [4.78, 5) is 35.8. The first-order valence-corrected chi connectivity index (χ1v) is 8.25. The van der Waals surface area contributed by atoms with Crippen molar-refractivity contribution < 1.29 is 28.2 Å². The van der Waals surface area contributed by atoms with Gasteiger partial charge in [-0.1, -0.05) is 30.3 Å². The summed E-state index contributed by atoms with van der Waals surface area (Å²) in [6, 6.07) is 12.5. The van der Waals surface area contributed by atoms with Crippen molar-refractivity contribution in [2.75, 3.05) is 0 Å². The van der Waals surface area contributed by atoms with Gasteiger partial charge >= 0.3 is 5.97 Å².